The maximum atomic E-state index is 10.9. The summed E-state index contributed by atoms with van der Waals surface area (Å²) in [6.45, 7) is 0. The first-order valence-electron chi connectivity index (χ1n) is 5.19. The normalized spacial score (nSPS) is 9.94. The Morgan fingerprint density at radius 1 is 1.12 bits per heavy atom. The minimum absolute atomic E-state index is 0.254. The lowest BCUT2D eigenvalue weighted by atomic mass is 10.0. The molecule has 86 valence electrons. The Morgan fingerprint density at radius 2 is 1.82 bits per heavy atom. The summed E-state index contributed by atoms with van der Waals surface area (Å²) < 4.78 is 5.24. The van der Waals surface area contributed by atoms with Crippen LogP contribution in [0.2, 0.25) is 0 Å². The number of methoxy groups -OCH3 is 1. The number of benzene rings is 2. The van der Waals surface area contributed by atoms with Crippen LogP contribution < -0.4 is 4.74 Å². The highest BCUT2D eigenvalue weighted by atomic mass is 16.5. The molecule has 0 aliphatic heterocycles. The van der Waals surface area contributed by atoms with Crippen molar-refractivity contribution in [2.24, 2.45) is 0 Å². The van der Waals surface area contributed by atoms with Crippen molar-refractivity contribution in [2.75, 3.05) is 7.11 Å². The van der Waals surface area contributed by atoms with Gasteiger partial charge in [0.1, 0.15) is 5.75 Å². The van der Waals surface area contributed by atoms with Crippen LogP contribution in [0.5, 0.6) is 5.75 Å². The van der Waals surface area contributed by atoms with Crippen molar-refractivity contribution in [3.8, 4) is 16.9 Å². The van der Waals surface area contributed by atoms with Gasteiger partial charge in [-0.2, -0.15) is 0 Å². The molecule has 0 aliphatic rings. The van der Waals surface area contributed by atoms with E-state index < -0.39 is 5.97 Å². The third-order valence-electron chi connectivity index (χ3n) is 2.53. The molecule has 0 aliphatic carbocycles. The van der Waals surface area contributed by atoms with Crippen LogP contribution in [-0.2, 0) is 0 Å². The van der Waals surface area contributed by atoms with E-state index in [4.69, 9.17) is 9.84 Å². The van der Waals surface area contributed by atoms with E-state index in [1.54, 1.807) is 19.2 Å². The largest absolute Gasteiger partial charge is 0.496 e. The quantitative estimate of drug-likeness (QED) is 0.878. The lowest BCUT2D eigenvalue weighted by Crippen LogP contribution is -1.97. The van der Waals surface area contributed by atoms with Crippen LogP contribution in [0.25, 0.3) is 11.1 Å². The Bertz CT molecular complexity index is 532. The maximum absolute atomic E-state index is 10.9. The van der Waals surface area contributed by atoms with E-state index in [1.807, 2.05) is 30.3 Å². The molecule has 0 saturated carbocycles. The fourth-order valence-corrected chi connectivity index (χ4v) is 1.68. The molecule has 0 heterocycles. The third-order valence-corrected chi connectivity index (χ3v) is 2.53. The fraction of sp³-hybridized carbons (Fsp3) is 0.0714. The number of ether oxygens (including phenoxy) is 1. The zero-order chi connectivity index (χ0) is 12.3. The molecule has 0 spiro atoms. The van der Waals surface area contributed by atoms with Gasteiger partial charge in [0.2, 0.25) is 0 Å². The Hall–Kier alpha value is -2.29. The van der Waals surface area contributed by atoms with Gasteiger partial charge < -0.3 is 9.84 Å². The van der Waals surface area contributed by atoms with Crippen LogP contribution >= 0.6 is 0 Å². The highest BCUT2D eigenvalue weighted by Crippen LogP contribution is 2.30. The third kappa shape index (κ3) is 2.28. The van der Waals surface area contributed by atoms with Crippen LogP contribution in [0.4, 0.5) is 0 Å². The standard InChI is InChI=1S/C14H12O3/c1-17-13-8-7-11(14(15)16)9-12(13)10-5-3-2-4-6-10/h2-9H,1H3,(H,15,16). The van der Waals surface area contributed by atoms with E-state index in [-0.39, 0.29) is 5.56 Å². The second-order valence-electron chi connectivity index (χ2n) is 3.59. The molecule has 2 aromatic carbocycles. The first kappa shape index (κ1) is 11.2. The van der Waals surface area contributed by atoms with Crippen LogP contribution in [-0.4, -0.2) is 18.2 Å². The van der Waals surface area contributed by atoms with Gasteiger partial charge in [-0.3, -0.25) is 0 Å². The summed E-state index contributed by atoms with van der Waals surface area (Å²) in [4.78, 5) is 10.9. The first-order valence-corrected chi connectivity index (χ1v) is 5.19. The SMILES string of the molecule is COc1ccc(C(=O)O)cc1-c1ccccc1. The van der Waals surface area contributed by atoms with Gasteiger partial charge in [-0.25, -0.2) is 4.79 Å². The van der Waals surface area contributed by atoms with Gasteiger partial charge in [-0.05, 0) is 23.8 Å². The zero-order valence-corrected chi connectivity index (χ0v) is 9.38. The van der Waals surface area contributed by atoms with E-state index in [0.29, 0.717) is 5.75 Å². The fourth-order valence-electron chi connectivity index (χ4n) is 1.68. The van der Waals surface area contributed by atoms with Gasteiger partial charge in [-0.15, -0.1) is 0 Å². The number of hydrogen-bond donors (Lipinski definition) is 1. The molecule has 1 N–H and O–H groups in total. The molecule has 2 rings (SSSR count). The molecule has 0 radical (unpaired) electrons. The lowest BCUT2D eigenvalue weighted by molar-refractivity contribution is 0.0697. The minimum atomic E-state index is -0.940. The summed E-state index contributed by atoms with van der Waals surface area (Å²) in [6, 6.07) is 14.4. The molecule has 0 bridgehead atoms. The molecule has 0 atom stereocenters. The summed E-state index contributed by atoms with van der Waals surface area (Å²) in [5.41, 5.74) is 1.98. The molecule has 0 aromatic heterocycles. The molecular weight excluding hydrogens is 216 g/mol. The van der Waals surface area contributed by atoms with Crippen molar-refractivity contribution < 1.29 is 14.6 Å². The van der Waals surface area contributed by atoms with Gasteiger partial charge in [0.15, 0.2) is 0 Å². The number of carboxylic acids is 1. The van der Waals surface area contributed by atoms with E-state index >= 15 is 0 Å². The summed E-state index contributed by atoms with van der Waals surface area (Å²) in [7, 11) is 1.57. The topological polar surface area (TPSA) is 46.5 Å². The summed E-state index contributed by atoms with van der Waals surface area (Å²) in [6.07, 6.45) is 0. The Morgan fingerprint density at radius 3 is 2.41 bits per heavy atom. The second-order valence-corrected chi connectivity index (χ2v) is 3.59. The summed E-state index contributed by atoms with van der Waals surface area (Å²) >= 11 is 0. The van der Waals surface area contributed by atoms with Crippen molar-refractivity contribution in [2.45, 2.75) is 0 Å². The van der Waals surface area contributed by atoms with E-state index in [9.17, 15) is 4.79 Å². The van der Waals surface area contributed by atoms with Crippen molar-refractivity contribution in [1.29, 1.82) is 0 Å². The maximum Gasteiger partial charge on any atom is 0.335 e. The zero-order valence-electron chi connectivity index (χ0n) is 9.38. The summed E-state index contributed by atoms with van der Waals surface area (Å²) in [5, 5.41) is 8.98. The van der Waals surface area contributed by atoms with Crippen molar-refractivity contribution >= 4 is 5.97 Å². The smallest absolute Gasteiger partial charge is 0.335 e. The number of carbonyl (C=O) groups is 1. The van der Waals surface area contributed by atoms with Crippen molar-refractivity contribution in [3.05, 3.63) is 54.1 Å². The van der Waals surface area contributed by atoms with Crippen molar-refractivity contribution in [1.82, 2.24) is 0 Å². The van der Waals surface area contributed by atoms with E-state index in [2.05, 4.69) is 0 Å². The predicted molar refractivity (Wildman–Crippen MR) is 65.4 cm³/mol. The van der Waals surface area contributed by atoms with Gasteiger partial charge >= 0.3 is 5.97 Å². The molecule has 0 saturated heterocycles. The molecule has 3 nitrogen and oxygen atoms in total. The van der Waals surface area contributed by atoms with E-state index in [0.717, 1.165) is 11.1 Å². The molecule has 0 fully saturated rings. The highest BCUT2D eigenvalue weighted by molar-refractivity contribution is 5.90. The molecule has 0 unspecified atom stereocenters. The van der Waals surface area contributed by atoms with Crippen LogP contribution in [0.15, 0.2) is 48.5 Å². The summed E-state index contributed by atoms with van der Waals surface area (Å²) in [5.74, 6) is -0.272. The minimum Gasteiger partial charge on any atom is -0.496 e. The second kappa shape index (κ2) is 4.70. The van der Waals surface area contributed by atoms with Gasteiger partial charge in [0, 0.05) is 5.56 Å². The molecule has 17 heavy (non-hydrogen) atoms. The average Bonchev–Trinajstić information content (AvgIpc) is 2.39. The molecule has 0 amide bonds. The lowest BCUT2D eigenvalue weighted by Gasteiger charge is -2.09. The van der Waals surface area contributed by atoms with Gasteiger partial charge in [0.05, 0.1) is 12.7 Å². The monoisotopic (exact) mass is 228 g/mol. The van der Waals surface area contributed by atoms with Gasteiger partial charge in [0.25, 0.3) is 0 Å². The number of aromatic carboxylic acids is 1. The Labute approximate surface area is 99.3 Å². The molecule has 3 heteroatoms. The Kier molecular flexibility index (Phi) is 3.10. The molecule has 2 aromatic rings. The van der Waals surface area contributed by atoms with Crippen LogP contribution in [0, 0.1) is 0 Å². The highest BCUT2D eigenvalue weighted by Gasteiger charge is 2.10. The Balaban J connectivity index is 2.58. The van der Waals surface area contributed by atoms with Crippen LogP contribution in [0.3, 0.4) is 0 Å². The number of hydrogen-bond acceptors (Lipinski definition) is 2. The number of carboxylic acid groups (broad SMARTS) is 1. The average molecular weight is 228 g/mol. The van der Waals surface area contributed by atoms with Crippen LogP contribution in [0.1, 0.15) is 10.4 Å². The van der Waals surface area contributed by atoms with Crippen molar-refractivity contribution in [3.63, 3.8) is 0 Å². The molecular formula is C14H12O3. The predicted octanol–water partition coefficient (Wildman–Crippen LogP) is 3.06. The van der Waals surface area contributed by atoms with Gasteiger partial charge in [-0.1, -0.05) is 30.3 Å². The first-order chi connectivity index (χ1) is 8.22. The van der Waals surface area contributed by atoms with E-state index in [1.165, 1.54) is 6.07 Å². The number of rotatable bonds is 3.